The van der Waals surface area contributed by atoms with Gasteiger partial charge in [0.1, 0.15) is 6.33 Å². The van der Waals surface area contributed by atoms with Gasteiger partial charge in [0.05, 0.1) is 5.69 Å². The van der Waals surface area contributed by atoms with E-state index < -0.39 is 0 Å². The quantitative estimate of drug-likeness (QED) is 0.861. The van der Waals surface area contributed by atoms with Crippen LogP contribution in [-0.4, -0.2) is 26.8 Å². The number of hydrogen-bond acceptors (Lipinski definition) is 4. The zero-order valence-electron chi connectivity index (χ0n) is 11.2. The van der Waals surface area contributed by atoms with E-state index in [-0.39, 0.29) is 0 Å². The summed E-state index contributed by atoms with van der Waals surface area (Å²) in [5.74, 6) is 0.979. The van der Waals surface area contributed by atoms with Crippen LogP contribution < -0.4 is 5.32 Å². The number of tetrazole rings is 1. The van der Waals surface area contributed by atoms with Crippen molar-refractivity contribution in [1.29, 1.82) is 0 Å². The molecule has 0 aliphatic heterocycles. The molecule has 1 N–H and O–H groups in total. The van der Waals surface area contributed by atoms with Gasteiger partial charge in [0.15, 0.2) is 0 Å². The van der Waals surface area contributed by atoms with Gasteiger partial charge in [-0.2, -0.15) is 0 Å². The SMILES string of the molecule is CC(NCCC1CC1)c1cccc(-n2cnnn2)c1. The van der Waals surface area contributed by atoms with Crippen LogP contribution in [0.25, 0.3) is 5.69 Å². The Balaban J connectivity index is 1.64. The molecule has 19 heavy (non-hydrogen) atoms. The van der Waals surface area contributed by atoms with Crippen LogP contribution in [0.3, 0.4) is 0 Å². The smallest absolute Gasteiger partial charge is 0.143 e. The maximum atomic E-state index is 3.92. The fourth-order valence-electron chi connectivity index (χ4n) is 2.24. The number of aromatic nitrogens is 4. The Hall–Kier alpha value is -1.75. The summed E-state index contributed by atoms with van der Waals surface area (Å²) < 4.78 is 1.68. The maximum absolute atomic E-state index is 3.92. The first kappa shape index (κ1) is 12.3. The van der Waals surface area contributed by atoms with Crippen molar-refractivity contribution in [2.45, 2.75) is 32.2 Å². The summed E-state index contributed by atoms with van der Waals surface area (Å²) in [6, 6.07) is 8.69. The first-order chi connectivity index (χ1) is 9.33. The molecule has 3 rings (SSSR count). The van der Waals surface area contributed by atoms with E-state index in [1.807, 2.05) is 12.1 Å². The largest absolute Gasteiger partial charge is 0.310 e. The van der Waals surface area contributed by atoms with Gasteiger partial charge in [-0.3, -0.25) is 0 Å². The molecule has 1 aliphatic carbocycles. The summed E-state index contributed by atoms with van der Waals surface area (Å²) in [5, 5.41) is 14.8. The molecular formula is C14H19N5. The lowest BCUT2D eigenvalue weighted by atomic mass is 10.1. The van der Waals surface area contributed by atoms with Crippen molar-refractivity contribution in [3.63, 3.8) is 0 Å². The highest BCUT2D eigenvalue weighted by Gasteiger charge is 2.20. The average Bonchev–Trinajstić information content (AvgIpc) is 3.10. The van der Waals surface area contributed by atoms with Crippen molar-refractivity contribution in [2.24, 2.45) is 5.92 Å². The monoisotopic (exact) mass is 257 g/mol. The average molecular weight is 257 g/mol. The van der Waals surface area contributed by atoms with Crippen molar-refractivity contribution < 1.29 is 0 Å². The van der Waals surface area contributed by atoms with Gasteiger partial charge in [0.25, 0.3) is 0 Å². The number of hydrogen-bond donors (Lipinski definition) is 1. The third-order valence-electron chi connectivity index (χ3n) is 3.68. The standard InChI is InChI=1S/C14H19N5/c1-11(15-8-7-12-5-6-12)13-3-2-4-14(9-13)19-10-16-17-18-19/h2-4,9-12,15H,5-8H2,1H3. The lowest BCUT2D eigenvalue weighted by Crippen LogP contribution is -2.20. The van der Waals surface area contributed by atoms with Crippen LogP contribution in [0, 0.1) is 5.92 Å². The Labute approximate surface area is 113 Å². The van der Waals surface area contributed by atoms with E-state index in [0.29, 0.717) is 6.04 Å². The van der Waals surface area contributed by atoms with Gasteiger partial charge >= 0.3 is 0 Å². The lowest BCUT2D eigenvalue weighted by Gasteiger charge is -2.15. The van der Waals surface area contributed by atoms with Gasteiger partial charge in [0.2, 0.25) is 0 Å². The van der Waals surface area contributed by atoms with E-state index in [0.717, 1.165) is 18.2 Å². The topological polar surface area (TPSA) is 55.6 Å². The van der Waals surface area contributed by atoms with Crippen LogP contribution in [0.1, 0.15) is 37.8 Å². The lowest BCUT2D eigenvalue weighted by molar-refractivity contribution is 0.539. The number of nitrogens with one attached hydrogen (secondary N) is 1. The summed E-state index contributed by atoms with van der Waals surface area (Å²) in [6.45, 7) is 3.30. The summed E-state index contributed by atoms with van der Waals surface area (Å²) in [4.78, 5) is 0. The van der Waals surface area contributed by atoms with Gasteiger partial charge in [-0.1, -0.05) is 25.0 Å². The third-order valence-corrected chi connectivity index (χ3v) is 3.68. The number of rotatable bonds is 6. The molecule has 1 aromatic heterocycles. The molecule has 0 spiro atoms. The second-order valence-electron chi connectivity index (χ2n) is 5.26. The molecule has 1 saturated carbocycles. The van der Waals surface area contributed by atoms with E-state index in [4.69, 9.17) is 0 Å². The predicted octanol–water partition coefficient (Wildman–Crippen LogP) is 2.11. The van der Waals surface area contributed by atoms with Crippen LogP contribution in [0.5, 0.6) is 0 Å². The number of benzene rings is 1. The van der Waals surface area contributed by atoms with Crippen LogP contribution in [-0.2, 0) is 0 Å². The second-order valence-corrected chi connectivity index (χ2v) is 5.26. The minimum Gasteiger partial charge on any atom is -0.310 e. The fraction of sp³-hybridized carbons (Fsp3) is 0.500. The molecule has 1 aromatic carbocycles. The van der Waals surface area contributed by atoms with Crippen molar-refractivity contribution in [3.05, 3.63) is 36.2 Å². The molecule has 1 unspecified atom stereocenters. The van der Waals surface area contributed by atoms with Gasteiger partial charge in [-0.05, 0) is 53.9 Å². The zero-order valence-corrected chi connectivity index (χ0v) is 11.2. The molecule has 1 heterocycles. The van der Waals surface area contributed by atoms with Gasteiger partial charge in [0, 0.05) is 6.04 Å². The van der Waals surface area contributed by atoms with E-state index in [9.17, 15) is 0 Å². The minimum atomic E-state index is 0.357. The fourth-order valence-corrected chi connectivity index (χ4v) is 2.24. The Kier molecular flexibility index (Phi) is 3.55. The third kappa shape index (κ3) is 3.17. The summed E-state index contributed by atoms with van der Waals surface area (Å²) in [7, 11) is 0. The molecular weight excluding hydrogens is 238 g/mol. The van der Waals surface area contributed by atoms with Crippen LogP contribution in [0.4, 0.5) is 0 Å². The molecule has 5 heteroatoms. The van der Waals surface area contributed by atoms with E-state index in [1.165, 1.54) is 24.8 Å². The Morgan fingerprint density at radius 1 is 1.42 bits per heavy atom. The molecule has 0 bridgehead atoms. The summed E-state index contributed by atoms with van der Waals surface area (Å²) >= 11 is 0. The highest BCUT2D eigenvalue weighted by molar-refractivity contribution is 5.35. The van der Waals surface area contributed by atoms with Crippen molar-refractivity contribution in [2.75, 3.05) is 6.54 Å². The highest BCUT2D eigenvalue weighted by atomic mass is 15.5. The first-order valence-electron chi connectivity index (χ1n) is 6.89. The molecule has 1 atom stereocenters. The van der Waals surface area contributed by atoms with Crippen LogP contribution in [0.15, 0.2) is 30.6 Å². The minimum absolute atomic E-state index is 0.357. The van der Waals surface area contributed by atoms with Crippen molar-refractivity contribution in [3.8, 4) is 5.69 Å². The normalized spacial score (nSPS) is 16.5. The van der Waals surface area contributed by atoms with Gasteiger partial charge < -0.3 is 5.32 Å². The van der Waals surface area contributed by atoms with Crippen molar-refractivity contribution >= 4 is 0 Å². The van der Waals surface area contributed by atoms with E-state index >= 15 is 0 Å². The van der Waals surface area contributed by atoms with Crippen LogP contribution >= 0.6 is 0 Å². The summed E-state index contributed by atoms with van der Waals surface area (Å²) in [5.41, 5.74) is 2.27. The number of nitrogens with zero attached hydrogens (tertiary/aromatic N) is 4. The van der Waals surface area contributed by atoms with Crippen LogP contribution in [0.2, 0.25) is 0 Å². The van der Waals surface area contributed by atoms with E-state index in [2.05, 4.69) is 39.9 Å². The molecule has 2 aromatic rings. The molecule has 0 saturated heterocycles. The molecule has 5 nitrogen and oxygen atoms in total. The van der Waals surface area contributed by atoms with Crippen molar-refractivity contribution in [1.82, 2.24) is 25.5 Å². The Bertz CT molecular complexity index is 518. The second kappa shape index (κ2) is 5.48. The molecule has 0 amide bonds. The Morgan fingerprint density at radius 3 is 3.05 bits per heavy atom. The molecule has 0 radical (unpaired) electrons. The molecule has 100 valence electrons. The Morgan fingerprint density at radius 2 is 2.32 bits per heavy atom. The molecule has 1 fully saturated rings. The van der Waals surface area contributed by atoms with Gasteiger partial charge in [-0.25, -0.2) is 4.68 Å². The molecule has 1 aliphatic rings. The predicted molar refractivity (Wildman–Crippen MR) is 72.9 cm³/mol. The zero-order chi connectivity index (χ0) is 13.1. The maximum Gasteiger partial charge on any atom is 0.143 e. The first-order valence-corrected chi connectivity index (χ1v) is 6.89. The van der Waals surface area contributed by atoms with Gasteiger partial charge in [-0.15, -0.1) is 5.10 Å². The van der Waals surface area contributed by atoms with E-state index in [1.54, 1.807) is 11.0 Å². The highest BCUT2D eigenvalue weighted by Crippen LogP contribution is 2.32. The summed E-state index contributed by atoms with van der Waals surface area (Å²) in [6.07, 6.45) is 5.76.